The summed E-state index contributed by atoms with van der Waals surface area (Å²) in [6.45, 7) is 4.48. The molecule has 0 aromatic carbocycles. The number of anilines is 2. The van der Waals surface area contributed by atoms with Crippen LogP contribution in [-0.2, 0) is 0 Å². The topological polar surface area (TPSA) is 41.1 Å². The van der Waals surface area contributed by atoms with E-state index < -0.39 is 0 Å². The van der Waals surface area contributed by atoms with Crippen LogP contribution in [0.25, 0.3) is 0 Å². The minimum Gasteiger partial charge on any atom is -0.354 e. The quantitative estimate of drug-likeness (QED) is 0.853. The van der Waals surface area contributed by atoms with E-state index in [4.69, 9.17) is 0 Å². The summed E-state index contributed by atoms with van der Waals surface area (Å²) in [5.41, 5.74) is 0. The average Bonchev–Trinajstić information content (AvgIpc) is 2.33. The maximum absolute atomic E-state index is 13.6. The average molecular weight is 224 g/mol. The zero-order valence-corrected chi connectivity index (χ0v) is 9.54. The van der Waals surface area contributed by atoms with Gasteiger partial charge in [-0.1, -0.05) is 0 Å². The van der Waals surface area contributed by atoms with E-state index in [2.05, 4.69) is 15.3 Å². The van der Waals surface area contributed by atoms with Crippen molar-refractivity contribution in [2.75, 3.05) is 29.9 Å². The van der Waals surface area contributed by atoms with Crippen LogP contribution in [0.15, 0.2) is 6.20 Å². The van der Waals surface area contributed by atoms with Gasteiger partial charge in [0.05, 0.1) is 6.20 Å². The molecule has 0 aliphatic carbocycles. The molecule has 0 spiro atoms. The fourth-order valence-corrected chi connectivity index (χ4v) is 1.93. The molecule has 2 heterocycles. The van der Waals surface area contributed by atoms with E-state index in [1.807, 2.05) is 11.8 Å². The molecule has 1 aliphatic heterocycles. The van der Waals surface area contributed by atoms with Gasteiger partial charge in [-0.15, -0.1) is 0 Å². The van der Waals surface area contributed by atoms with Gasteiger partial charge in [-0.2, -0.15) is 4.98 Å². The van der Waals surface area contributed by atoms with Gasteiger partial charge in [-0.3, -0.25) is 0 Å². The summed E-state index contributed by atoms with van der Waals surface area (Å²) in [6, 6.07) is 0. The molecule has 0 saturated carbocycles. The van der Waals surface area contributed by atoms with Gasteiger partial charge in [0.1, 0.15) is 0 Å². The van der Waals surface area contributed by atoms with Crippen LogP contribution in [0, 0.1) is 5.82 Å². The minimum atomic E-state index is -0.330. The summed E-state index contributed by atoms with van der Waals surface area (Å²) in [7, 11) is 0. The van der Waals surface area contributed by atoms with Crippen LogP contribution >= 0.6 is 0 Å². The van der Waals surface area contributed by atoms with Crippen LogP contribution in [0.5, 0.6) is 0 Å². The van der Waals surface area contributed by atoms with E-state index in [1.165, 1.54) is 12.6 Å². The van der Waals surface area contributed by atoms with Crippen molar-refractivity contribution in [3.05, 3.63) is 12.0 Å². The van der Waals surface area contributed by atoms with E-state index in [0.717, 1.165) is 32.5 Å². The molecule has 1 N–H and O–H groups in total. The molecule has 0 bridgehead atoms. The molecule has 1 aliphatic rings. The van der Waals surface area contributed by atoms with Crippen molar-refractivity contribution in [1.29, 1.82) is 0 Å². The molecule has 0 unspecified atom stereocenters. The van der Waals surface area contributed by atoms with Crippen molar-refractivity contribution in [3.8, 4) is 0 Å². The fourth-order valence-electron chi connectivity index (χ4n) is 1.93. The molecule has 16 heavy (non-hydrogen) atoms. The van der Waals surface area contributed by atoms with Gasteiger partial charge in [0.15, 0.2) is 11.6 Å². The van der Waals surface area contributed by atoms with Crippen molar-refractivity contribution < 1.29 is 4.39 Å². The second-order valence-corrected chi connectivity index (χ2v) is 3.94. The number of rotatable bonds is 3. The standard InChI is InChI=1S/C11H17FN4/c1-2-13-11-14-8-9(12)10(15-11)16-6-4-3-5-7-16/h8H,2-7H2,1H3,(H,13,14,15). The molecule has 1 saturated heterocycles. The van der Waals surface area contributed by atoms with Crippen LogP contribution in [0.2, 0.25) is 0 Å². The van der Waals surface area contributed by atoms with Crippen molar-refractivity contribution in [3.63, 3.8) is 0 Å². The van der Waals surface area contributed by atoms with Crippen molar-refractivity contribution in [2.45, 2.75) is 26.2 Å². The SMILES string of the molecule is CCNc1ncc(F)c(N2CCCCC2)n1. The van der Waals surface area contributed by atoms with Gasteiger partial charge in [0.2, 0.25) is 5.95 Å². The zero-order chi connectivity index (χ0) is 11.4. The van der Waals surface area contributed by atoms with Gasteiger partial charge in [0.25, 0.3) is 0 Å². The fraction of sp³-hybridized carbons (Fsp3) is 0.636. The van der Waals surface area contributed by atoms with Crippen molar-refractivity contribution in [1.82, 2.24) is 9.97 Å². The number of aromatic nitrogens is 2. The molecule has 2 rings (SSSR count). The monoisotopic (exact) mass is 224 g/mol. The van der Waals surface area contributed by atoms with Gasteiger partial charge < -0.3 is 10.2 Å². The van der Waals surface area contributed by atoms with E-state index in [1.54, 1.807) is 0 Å². The Bertz CT molecular complexity index is 350. The predicted molar refractivity (Wildman–Crippen MR) is 62.2 cm³/mol. The van der Waals surface area contributed by atoms with Crippen molar-refractivity contribution >= 4 is 11.8 Å². The summed E-state index contributed by atoms with van der Waals surface area (Å²) in [5.74, 6) is 0.610. The highest BCUT2D eigenvalue weighted by molar-refractivity contribution is 5.44. The Morgan fingerprint density at radius 3 is 2.81 bits per heavy atom. The Labute approximate surface area is 94.9 Å². The number of hydrogen-bond acceptors (Lipinski definition) is 4. The van der Waals surface area contributed by atoms with Gasteiger partial charge in [-0.05, 0) is 26.2 Å². The summed E-state index contributed by atoms with van der Waals surface area (Å²) >= 11 is 0. The van der Waals surface area contributed by atoms with Gasteiger partial charge in [-0.25, -0.2) is 9.37 Å². The predicted octanol–water partition coefficient (Wildman–Crippen LogP) is 2.04. The molecule has 0 radical (unpaired) electrons. The molecule has 4 nitrogen and oxygen atoms in total. The highest BCUT2D eigenvalue weighted by atomic mass is 19.1. The first-order chi connectivity index (χ1) is 7.81. The molecule has 1 aromatic rings. The van der Waals surface area contributed by atoms with Gasteiger partial charge >= 0.3 is 0 Å². The minimum absolute atomic E-state index is 0.330. The highest BCUT2D eigenvalue weighted by Crippen LogP contribution is 2.21. The maximum Gasteiger partial charge on any atom is 0.224 e. The maximum atomic E-state index is 13.6. The molecule has 0 atom stereocenters. The lowest BCUT2D eigenvalue weighted by Crippen LogP contribution is -2.31. The Kier molecular flexibility index (Phi) is 3.54. The zero-order valence-electron chi connectivity index (χ0n) is 9.54. The summed E-state index contributed by atoms with van der Waals surface area (Å²) < 4.78 is 13.6. The van der Waals surface area contributed by atoms with Crippen LogP contribution in [0.4, 0.5) is 16.2 Å². The molecule has 1 aromatic heterocycles. The second kappa shape index (κ2) is 5.09. The van der Waals surface area contributed by atoms with E-state index in [-0.39, 0.29) is 5.82 Å². The second-order valence-electron chi connectivity index (χ2n) is 3.94. The number of nitrogens with one attached hydrogen (secondary N) is 1. The number of hydrogen-bond donors (Lipinski definition) is 1. The Hall–Kier alpha value is -1.39. The van der Waals surface area contributed by atoms with Gasteiger partial charge in [0, 0.05) is 19.6 Å². The third kappa shape index (κ3) is 2.40. The highest BCUT2D eigenvalue weighted by Gasteiger charge is 2.17. The lowest BCUT2D eigenvalue weighted by atomic mass is 10.1. The lowest BCUT2D eigenvalue weighted by Gasteiger charge is -2.27. The Balaban J connectivity index is 2.19. The van der Waals surface area contributed by atoms with E-state index in [0.29, 0.717) is 11.8 Å². The number of nitrogens with zero attached hydrogens (tertiary/aromatic N) is 3. The summed E-state index contributed by atoms with van der Waals surface area (Å²) in [5, 5.41) is 3.00. The third-order valence-electron chi connectivity index (χ3n) is 2.72. The smallest absolute Gasteiger partial charge is 0.224 e. The first-order valence-corrected chi connectivity index (χ1v) is 5.82. The first-order valence-electron chi connectivity index (χ1n) is 5.82. The normalized spacial score (nSPS) is 16.2. The van der Waals surface area contributed by atoms with Crippen LogP contribution in [0.1, 0.15) is 26.2 Å². The van der Waals surface area contributed by atoms with Crippen LogP contribution < -0.4 is 10.2 Å². The van der Waals surface area contributed by atoms with E-state index in [9.17, 15) is 4.39 Å². The van der Waals surface area contributed by atoms with Crippen LogP contribution in [-0.4, -0.2) is 29.6 Å². The summed E-state index contributed by atoms with van der Waals surface area (Å²) in [4.78, 5) is 10.1. The molecule has 88 valence electrons. The Morgan fingerprint density at radius 1 is 1.38 bits per heavy atom. The summed E-state index contributed by atoms with van der Waals surface area (Å²) in [6.07, 6.45) is 4.69. The lowest BCUT2D eigenvalue weighted by molar-refractivity contribution is 0.547. The third-order valence-corrected chi connectivity index (χ3v) is 2.72. The van der Waals surface area contributed by atoms with Crippen molar-refractivity contribution in [2.24, 2.45) is 0 Å². The number of piperidine rings is 1. The van der Waals surface area contributed by atoms with E-state index >= 15 is 0 Å². The largest absolute Gasteiger partial charge is 0.354 e. The molecule has 1 fully saturated rings. The molecule has 5 heteroatoms. The molecular weight excluding hydrogens is 207 g/mol. The molecular formula is C11H17FN4. The first kappa shape index (κ1) is 11.1. The molecule has 0 amide bonds. The Morgan fingerprint density at radius 2 is 2.12 bits per heavy atom. The number of halogens is 1. The van der Waals surface area contributed by atoms with Crippen LogP contribution in [0.3, 0.4) is 0 Å².